The Morgan fingerprint density at radius 3 is 2.68 bits per heavy atom. The van der Waals surface area contributed by atoms with Gasteiger partial charge in [-0.25, -0.2) is 4.98 Å². The number of ether oxygens (including phenoxy) is 1. The second-order valence-electron chi connectivity index (χ2n) is 9.87. The van der Waals surface area contributed by atoms with Crippen LogP contribution >= 0.6 is 0 Å². The standard InChI is InChI=1S/C24H36N4O3/c29-22(8-7-17-4-1-2-5-17)28-12-3-6-21(28)23-25-20-9-13-27(16-19(20)24(30)26-23)18-10-14-31-15-11-18/h17-18,21H,1-16H2,(H,25,26,30). The maximum atomic E-state index is 13.0. The van der Waals surface area contributed by atoms with Gasteiger partial charge in [0, 0.05) is 51.7 Å². The fourth-order valence-electron chi connectivity index (χ4n) is 6.10. The van der Waals surface area contributed by atoms with Crippen LogP contribution < -0.4 is 5.56 Å². The molecule has 1 unspecified atom stereocenters. The van der Waals surface area contributed by atoms with Crippen molar-refractivity contribution in [2.24, 2.45) is 5.92 Å². The monoisotopic (exact) mass is 428 g/mol. The van der Waals surface area contributed by atoms with Crippen molar-refractivity contribution in [3.8, 4) is 0 Å². The molecule has 7 heteroatoms. The maximum absolute atomic E-state index is 13.0. The number of hydrogen-bond acceptors (Lipinski definition) is 5. The number of carbonyl (C=O) groups is 1. The lowest BCUT2D eigenvalue weighted by Crippen LogP contribution is -2.44. The average Bonchev–Trinajstić information content (AvgIpc) is 3.50. The van der Waals surface area contributed by atoms with Crippen molar-refractivity contribution in [1.82, 2.24) is 19.8 Å². The van der Waals surface area contributed by atoms with Gasteiger partial charge in [-0.3, -0.25) is 14.5 Å². The van der Waals surface area contributed by atoms with E-state index in [9.17, 15) is 9.59 Å². The topological polar surface area (TPSA) is 78.5 Å². The zero-order valence-corrected chi connectivity index (χ0v) is 18.6. The molecule has 3 aliphatic heterocycles. The van der Waals surface area contributed by atoms with Gasteiger partial charge in [0.1, 0.15) is 5.82 Å². The second-order valence-corrected chi connectivity index (χ2v) is 9.87. The Kier molecular flexibility index (Phi) is 6.41. The third kappa shape index (κ3) is 4.58. The van der Waals surface area contributed by atoms with E-state index in [-0.39, 0.29) is 17.5 Å². The summed E-state index contributed by atoms with van der Waals surface area (Å²) in [5.41, 5.74) is 1.74. The highest BCUT2D eigenvalue weighted by molar-refractivity contribution is 5.76. The molecule has 2 saturated heterocycles. The highest BCUT2D eigenvalue weighted by Gasteiger charge is 2.34. The molecule has 1 saturated carbocycles. The minimum atomic E-state index is -0.0670. The van der Waals surface area contributed by atoms with Crippen LogP contribution in [-0.4, -0.2) is 58.0 Å². The summed E-state index contributed by atoms with van der Waals surface area (Å²) >= 11 is 0. The molecular formula is C24H36N4O3. The van der Waals surface area contributed by atoms with Crippen LogP contribution in [-0.2, 0) is 22.5 Å². The van der Waals surface area contributed by atoms with Crippen LogP contribution in [0, 0.1) is 5.92 Å². The molecule has 0 aromatic carbocycles. The minimum Gasteiger partial charge on any atom is -0.381 e. The van der Waals surface area contributed by atoms with Gasteiger partial charge in [-0.2, -0.15) is 0 Å². The fraction of sp³-hybridized carbons (Fsp3) is 0.792. The van der Waals surface area contributed by atoms with Crippen LogP contribution in [0.4, 0.5) is 0 Å². The maximum Gasteiger partial charge on any atom is 0.255 e. The first-order chi connectivity index (χ1) is 15.2. The number of hydrogen-bond donors (Lipinski definition) is 1. The predicted molar refractivity (Wildman–Crippen MR) is 118 cm³/mol. The van der Waals surface area contributed by atoms with Gasteiger partial charge in [0.2, 0.25) is 5.91 Å². The largest absolute Gasteiger partial charge is 0.381 e. The van der Waals surface area contributed by atoms with Crippen molar-refractivity contribution in [1.29, 1.82) is 0 Å². The predicted octanol–water partition coefficient (Wildman–Crippen LogP) is 2.94. The molecule has 1 N–H and O–H groups in total. The average molecular weight is 429 g/mol. The number of fused-ring (bicyclic) bond motifs is 1. The molecule has 1 aliphatic carbocycles. The Labute approximate surface area is 184 Å². The first kappa shape index (κ1) is 21.1. The van der Waals surface area contributed by atoms with Crippen LogP contribution in [0.2, 0.25) is 0 Å². The van der Waals surface area contributed by atoms with Gasteiger partial charge in [0.05, 0.1) is 17.3 Å². The first-order valence-electron chi connectivity index (χ1n) is 12.4. The van der Waals surface area contributed by atoms with Crippen molar-refractivity contribution in [3.05, 3.63) is 27.4 Å². The molecule has 3 fully saturated rings. The highest BCUT2D eigenvalue weighted by Crippen LogP contribution is 2.33. The minimum absolute atomic E-state index is 0.0120. The van der Waals surface area contributed by atoms with Gasteiger partial charge < -0.3 is 14.6 Å². The van der Waals surface area contributed by atoms with Gasteiger partial charge in [-0.15, -0.1) is 0 Å². The molecule has 0 radical (unpaired) electrons. The first-order valence-corrected chi connectivity index (χ1v) is 12.4. The van der Waals surface area contributed by atoms with E-state index in [1.54, 1.807) is 0 Å². The number of aromatic amines is 1. The summed E-state index contributed by atoms with van der Waals surface area (Å²) in [5, 5.41) is 0. The SMILES string of the molecule is O=C(CCC1CCCC1)N1CCCC1c1nc2c(c(=O)[nH]1)CN(C1CCOCC1)CC2. The van der Waals surface area contributed by atoms with Crippen molar-refractivity contribution in [2.45, 2.75) is 89.3 Å². The van der Waals surface area contributed by atoms with E-state index in [2.05, 4.69) is 9.88 Å². The molecule has 1 aromatic rings. The molecule has 4 aliphatic rings. The molecule has 31 heavy (non-hydrogen) atoms. The Balaban J connectivity index is 1.27. The molecular weight excluding hydrogens is 392 g/mol. The number of rotatable bonds is 5. The van der Waals surface area contributed by atoms with Crippen molar-refractivity contribution in [2.75, 3.05) is 26.3 Å². The van der Waals surface area contributed by atoms with E-state index in [0.29, 0.717) is 24.8 Å². The van der Waals surface area contributed by atoms with Crippen molar-refractivity contribution in [3.63, 3.8) is 0 Å². The highest BCUT2D eigenvalue weighted by atomic mass is 16.5. The molecule has 0 bridgehead atoms. The molecule has 0 spiro atoms. The lowest BCUT2D eigenvalue weighted by atomic mass is 10.0. The van der Waals surface area contributed by atoms with Gasteiger partial charge in [0.15, 0.2) is 0 Å². The fourth-order valence-corrected chi connectivity index (χ4v) is 6.10. The summed E-state index contributed by atoms with van der Waals surface area (Å²) in [6.45, 7) is 4.04. The van der Waals surface area contributed by atoms with Crippen molar-refractivity contribution >= 4 is 5.91 Å². The summed E-state index contributed by atoms with van der Waals surface area (Å²) in [6.07, 6.45) is 11.6. The summed E-state index contributed by atoms with van der Waals surface area (Å²) in [6, 6.07) is 0.436. The van der Waals surface area contributed by atoms with Gasteiger partial charge in [-0.05, 0) is 38.0 Å². The summed E-state index contributed by atoms with van der Waals surface area (Å²) < 4.78 is 5.49. The van der Waals surface area contributed by atoms with Crippen molar-refractivity contribution < 1.29 is 9.53 Å². The van der Waals surface area contributed by atoms with Gasteiger partial charge >= 0.3 is 0 Å². The molecule has 170 valence electrons. The lowest BCUT2D eigenvalue weighted by Gasteiger charge is -2.37. The normalized spacial score (nSPS) is 25.8. The van der Waals surface area contributed by atoms with E-state index in [0.717, 1.165) is 82.0 Å². The molecule has 4 heterocycles. The smallest absolute Gasteiger partial charge is 0.255 e. The van der Waals surface area contributed by atoms with Crippen LogP contribution in [0.15, 0.2) is 4.79 Å². The Bertz CT molecular complexity index is 842. The van der Waals surface area contributed by atoms with Gasteiger partial charge in [0.25, 0.3) is 5.56 Å². The Morgan fingerprint density at radius 1 is 1.06 bits per heavy atom. The van der Waals surface area contributed by atoms with Crippen LogP contribution in [0.25, 0.3) is 0 Å². The van der Waals surface area contributed by atoms with Gasteiger partial charge in [-0.1, -0.05) is 25.7 Å². The quantitative estimate of drug-likeness (QED) is 0.780. The van der Waals surface area contributed by atoms with Crippen LogP contribution in [0.3, 0.4) is 0 Å². The zero-order valence-electron chi connectivity index (χ0n) is 18.6. The van der Waals surface area contributed by atoms with E-state index in [1.807, 2.05) is 4.90 Å². The summed E-state index contributed by atoms with van der Waals surface area (Å²) in [4.78, 5) is 38.3. The molecule has 1 aromatic heterocycles. The third-order valence-corrected chi connectivity index (χ3v) is 7.95. The molecule has 7 nitrogen and oxygen atoms in total. The number of H-pyrrole nitrogens is 1. The summed E-state index contributed by atoms with van der Waals surface area (Å²) in [5.74, 6) is 1.67. The number of amides is 1. The van der Waals surface area contributed by atoms with Crippen LogP contribution in [0.5, 0.6) is 0 Å². The van der Waals surface area contributed by atoms with Crippen LogP contribution in [0.1, 0.15) is 87.3 Å². The van der Waals surface area contributed by atoms with E-state index < -0.39 is 0 Å². The van der Waals surface area contributed by atoms with E-state index >= 15 is 0 Å². The molecule has 5 rings (SSSR count). The number of aromatic nitrogens is 2. The number of carbonyl (C=O) groups excluding carboxylic acids is 1. The number of likely N-dealkylation sites (tertiary alicyclic amines) is 1. The molecule has 1 amide bonds. The Morgan fingerprint density at radius 2 is 1.87 bits per heavy atom. The summed E-state index contributed by atoms with van der Waals surface area (Å²) in [7, 11) is 0. The zero-order chi connectivity index (χ0) is 21.2. The third-order valence-electron chi connectivity index (χ3n) is 7.95. The number of nitrogens with zero attached hydrogens (tertiary/aromatic N) is 3. The van der Waals surface area contributed by atoms with E-state index in [4.69, 9.17) is 9.72 Å². The molecule has 1 atom stereocenters. The number of nitrogens with one attached hydrogen (secondary N) is 1. The second kappa shape index (κ2) is 9.41. The Hall–Kier alpha value is -1.73. The van der Waals surface area contributed by atoms with E-state index in [1.165, 1.54) is 25.7 Å². The lowest BCUT2D eigenvalue weighted by molar-refractivity contribution is -0.132.